The first-order chi connectivity index (χ1) is 10.7. The number of aryl methyl sites for hydroxylation is 1. The van der Waals surface area contributed by atoms with Gasteiger partial charge in [0.1, 0.15) is 6.61 Å². The number of aromatic nitrogens is 2. The number of hydrogen-bond acceptors (Lipinski definition) is 3. The molecule has 2 N–H and O–H groups in total. The van der Waals surface area contributed by atoms with E-state index in [1.807, 2.05) is 22.7 Å². The molecule has 112 valence electrons. The number of pyridine rings is 1. The SMILES string of the molecule is C=CCOc1cccn2c(CN)c(-c3ccc(C)cc3)nc12. The Morgan fingerprint density at radius 1 is 1.27 bits per heavy atom. The quantitative estimate of drug-likeness (QED) is 0.734. The van der Waals surface area contributed by atoms with E-state index in [0.29, 0.717) is 13.2 Å². The average molecular weight is 293 g/mol. The van der Waals surface area contributed by atoms with Crippen LogP contribution in [0.2, 0.25) is 0 Å². The van der Waals surface area contributed by atoms with Crippen LogP contribution in [0.3, 0.4) is 0 Å². The number of benzene rings is 1. The molecule has 4 nitrogen and oxygen atoms in total. The summed E-state index contributed by atoms with van der Waals surface area (Å²) >= 11 is 0. The zero-order valence-electron chi connectivity index (χ0n) is 12.6. The lowest BCUT2D eigenvalue weighted by Crippen LogP contribution is -2.03. The highest BCUT2D eigenvalue weighted by molar-refractivity contribution is 5.69. The fourth-order valence-electron chi connectivity index (χ4n) is 2.49. The van der Waals surface area contributed by atoms with Crippen molar-refractivity contribution in [3.63, 3.8) is 0 Å². The van der Waals surface area contributed by atoms with Crippen LogP contribution in [0.5, 0.6) is 5.75 Å². The summed E-state index contributed by atoms with van der Waals surface area (Å²) in [7, 11) is 0. The Kier molecular flexibility index (Phi) is 3.94. The molecule has 3 rings (SSSR count). The van der Waals surface area contributed by atoms with Crippen molar-refractivity contribution >= 4 is 5.65 Å². The van der Waals surface area contributed by atoms with Gasteiger partial charge in [0.2, 0.25) is 0 Å². The third-order valence-electron chi connectivity index (χ3n) is 3.59. The maximum Gasteiger partial charge on any atom is 0.180 e. The molecule has 2 heterocycles. The summed E-state index contributed by atoms with van der Waals surface area (Å²) in [5.74, 6) is 0.732. The van der Waals surface area contributed by atoms with Gasteiger partial charge in [0.25, 0.3) is 0 Å². The second-order valence-electron chi connectivity index (χ2n) is 5.14. The molecular formula is C18H19N3O. The van der Waals surface area contributed by atoms with Gasteiger partial charge in [-0.05, 0) is 19.1 Å². The standard InChI is InChI=1S/C18H19N3O/c1-3-11-22-16-5-4-10-21-15(12-19)17(20-18(16)21)14-8-6-13(2)7-9-14/h3-10H,1,11-12,19H2,2H3. The maximum absolute atomic E-state index is 5.96. The number of ether oxygens (including phenoxy) is 1. The van der Waals surface area contributed by atoms with Crippen LogP contribution in [0.1, 0.15) is 11.3 Å². The molecule has 0 radical (unpaired) electrons. The van der Waals surface area contributed by atoms with Gasteiger partial charge >= 0.3 is 0 Å². The van der Waals surface area contributed by atoms with E-state index in [1.54, 1.807) is 6.08 Å². The van der Waals surface area contributed by atoms with Gasteiger partial charge in [0, 0.05) is 18.3 Å². The molecule has 0 atom stereocenters. The second-order valence-corrected chi connectivity index (χ2v) is 5.14. The van der Waals surface area contributed by atoms with Crippen molar-refractivity contribution < 1.29 is 4.74 Å². The van der Waals surface area contributed by atoms with Crippen LogP contribution in [-0.2, 0) is 6.54 Å². The molecule has 1 aromatic carbocycles. The molecule has 0 aliphatic carbocycles. The molecule has 4 heteroatoms. The first-order valence-corrected chi connectivity index (χ1v) is 7.25. The van der Waals surface area contributed by atoms with Crippen molar-refractivity contribution in [1.29, 1.82) is 0 Å². The predicted molar refractivity (Wildman–Crippen MR) is 88.9 cm³/mol. The lowest BCUT2D eigenvalue weighted by atomic mass is 10.1. The molecule has 0 bridgehead atoms. The van der Waals surface area contributed by atoms with Crippen LogP contribution in [0.25, 0.3) is 16.9 Å². The van der Waals surface area contributed by atoms with Crippen LogP contribution < -0.4 is 10.5 Å². The van der Waals surface area contributed by atoms with Gasteiger partial charge in [-0.2, -0.15) is 0 Å². The van der Waals surface area contributed by atoms with Crippen LogP contribution in [-0.4, -0.2) is 16.0 Å². The molecular weight excluding hydrogens is 274 g/mol. The third kappa shape index (κ3) is 2.49. The Balaban J connectivity index is 2.18. The summed E-state index contributed by atoms with van der Waals surface area (Å²) in [5.41, 5.74) is 10.9. The number of nitrogens with two attached hydrogens (primary N) is 1. The summed E-state index contributed by atoms with van der Waals surface area (Å²) < 4.78 is 7.69. The number of imidazole rings is 1. The first kappa shape index (κ1) is 14.4. The summed E-state index contributed by atoms with van der Waals surface area (Å²) in [6, 6.07) is 12.1. The molecule has 0 saturated carbocycles. The lowest BCUT2D eigenvalue weighted by molar-refractivity contribution is 0.365. The summed E-state index contributed by atoms with van der Waals surface area (Å²) in [4.78, 5) is 4.76. The van der Waals surface area contributed by atoms with Crippen LogP contribution in [0.4, 0.5) is 0 Å². The average Bonchev–Trinajstić information content (AvgIpc) is 2.92. The van der Waals surface area contributed by atoms with E-state index in [2.05, 4.69) is 37.8 Å². The number of nitrogens with zero attached hydrogens (tertiary/aromatic N) is 2. The van der Waals surface area contributed by atoms with Crippen LogP contribution in [0, 0.1) is 6.92 Å². The van der Waals surface area contributed by atoms with E-state index in [0.717, 1.165) is 28.3 Å². The van der Waals surface area contributed by atoms with Crippen molar-refractivity contribution in [3.05, 3.63) is 66.5 Å². The third-order valence-corrected chi connectivity index (χ3v) is 3.59. The molecule has 2 aromatic heterocycles. The minimum atomic E-state index is 0.412. The zero-order valence-corrected chi connectivity index (χ0v) is 12.6. The smallest absolute Gasteiger partial charge is 0.180 e. The summed E-state index contributed by atoms with van der Waals surface area (Å²) in [5, 5.41) is 0. The minimum absolute atomic E-state index is 0.412. The fraction of sp³-hybridized carbons (Fsp3) is 0.167. The van der Waals surface area contributed by atoms with Gasteiger partial charge < -0.3 is 10.5 Å². The van der Waals surface area contributed by atoms with E-state index in [1.165, 1.54) is 5.56 Å². The monoisotopic (exact) mass is 293 g/mol. The zero-order chi connectivity index (χ0) is 15.5. The first-order valence-electron chi connectivity index (χ1n) is 7.25. The number of rotatable bonds is 5. The van der Waals surface area contributed by atoms with Crippen molar-refractivity contribution in [2.24, 2.45) is 5.73 Å². The molecule has 0 unspecified atom stereocenters. The molecule has 0 amide bonds. The van der Waals surface area contributed by atoms with Gasteiger partial charge in [-0.3, -0.25) is 4.40 Å². The van der Waals surface area contributed by atoms with Gasteiger partial charge in [-0.15, -0.1) is 0 Å². The lowest BCUT2D eigenvalue weighted by Gasteiger charge is -2.05. The van der Waals surface area contributed by atoms with E-state index in [9.17, 15) is 0 Å². The fourth-order valence-corrected chi connectivity index (χ4v) is 2.49. The van der Waals surface area contributed by atoms with Crippen molar-refractivity contribution in [3.8, 4) is 17.0 Å². The van der Waals surface area contributed by atoms with Crippen molar-refractivity contribution in [2.45, 2.75) is 13.5 Å². The second kappa shape index (κ2) is 6.03. The Hall–Kier alpha value is -2.59. The molecule has 3 aromatic rings. The molecule has 0 saturated heterocycles. The normalized spacial score (nSPS) is 10.8. The molecule has 0 fully saturated rings. The van der Waals surface area contributed by atoms with E-state index in [-0.39, 0.29) is 0 Å². The molecule has 22 heavy (non-hydrogen) atoms. The summed E-state index contributed by atoms with van der Waals surface area (Å²) in [6.45, 7) is 6.61. The number of hydrogen-bond donors (Lipinski definition) is 1. The van der Waals surface area contributed by atoms with E-state index < -0.39 is 0 Å². The van der Waals surface area contributed by atoms with Gasteiger partial charge in [0.05, 0.1) is 11.4 Å². The van der Waals surface area contributed by atoms with E-state index >= 15 is 0 Å². The molecule has 0 spiro atoms. The minimum Gasteiger partial charge on any atom is -0.486 e. The van der Waals surface area contributed by atoms with Gasteiger partial charge in [-0.25, -0.2) is 4.98 Å². The summed E-state index contributed by atoms with van der Waals surface area (Å²) in [6.07, 6.45) is 3.68. The van der Waals surface area contributed by atoms with Gasteiger partial charge in [0.15, 0.2) is 11.4 Å². The molecule has 0 aliphatic rings. The van der Waals surface area contributed by atoms with Crippen molar-refractivity contribution in [2.75, 3.05) is 6.61 Å². The number of fused-ring (bicyclic) bond motifs is 1. The van der Waals surface area contributed by atoms with E-state index in [4.69, 9.17) is 15.5 Å². The van der Waals surface area contributed by atoms with Crippen LogP contribution >= 0.6 is 0 Å². The Morgan fingerprint density at radius 3 is 2.73 bits per heavy atom. The topological polar surface area (TPSA) is 52.5 Å². The Morgan fingerprint density at radius 2 is 2.05 bits per heavy atom. The largest absolute Gasteiger partial charge is 0.486 e. The molecule has 0 aliphatic heterocycles. The van der Waals surface area contributed by atoms with Crippen LogP contribution in [0.15, 0.2) is 55.3 Å². The van der Waals surface area contributed by atoms with Crippen molar-refractivity contribution in [1.82, 2.24) is 9.38 Å². The Labute approximate surface area is 129 Å². The predicted octanol–water partition coefficient (Wildman–Crippen LogP) is 3.33. The highest BCUT2D eigenvalue weighted by Crippen LogP contribution is 2.28. The highest BCUT2D eigenvalue weighted by Gasteiger charge is 2.15. The Bertz CT molecular complexity index is 803. The highest BCUT2D eigenvalue weighted by atomic mass is 16.5. The van der Waals surface area contributed by atoms with Gasteiger partial charge in [-0.1, -0.05) is 42.5 Å². The maximum atomic E-state index is 5.96.